The zero-order valence-electron chi connectivity index (χ0n) is 18.1. The number of pyridine rings is 1. The molecule has 10 heteroatoms. The standard InChI is InChI=1S/C23H24ClN3O2.2ClH.2H2O/c24-22-17-29-21-9-2-1-7-19(21)23(28)27(22)14-6-5-13-26-15-10-18(11-16-26)20-8-3-4-12-25-20;;;;/h1-4,7-10,12,17H,5-6,11,13-16H2;2*1H;2*1H2. The summed E-state index contributed by atoms with van der Waals surface area (Å²) in [6.45, 7) is 3.56. The van der Waals surface area contributed by atoms with E-state index >= 15 is 0 Å². The van der Waals surface area contributed by atoms with Gasteiger partial charge in [0.25, 0.3) is 5.91 Å². The van der Waals surface area contributed by atoms with Crippen LogP contribution in [-0.2, 0) is 0 Å². The Kier molecular flexibility index (Phi) is 13.9. The molecule has 2 aliphatic rings. The SMILES string of the molecule is Cl.Cl.O.O.O=C1c2ccccc2OC=C(Cl)N1CCCCN1CC=C(c2ccccn2)CC1. The van der Waals surface area contributed by atoms with Crippen molar-refractivity contribution in [3.63, 3.8) is 0 Å². The average Bonchev–Trinajstić information content (AvgIpc) is 2.89. The van der Waals surface area contributed by atoms with E-state index in [0.717, 1.165) is 44.6 Å². The van der Waals surface area contributed by atoms with E-state index in [9.17, 15) is 4.79 Å². The number of carbonyl (C=O) groups excluding carboxylic acids is 1. The minimum atomic E-state index is -0.111. The third kappa shape index (κ3) is 7.71. The number of carbonyl (C=O) groups is 1. The minimum Gasteiger partial charge on any atom is -0.461 e. The normalized spacial score (nSPS) is 15.1. The molecular formula is C23H30Cl3N3O4. The molecule has 1 amide bonds. The van der Waals surface area contributed by atoms with E-state index in [0.29, 0.717) is 23.0 Å². The van der Waals surface area contributed by atoms with Crippen LogP contribution >= 0.6 is 36.4 Å². The predicted octanol–water partition coefficient (Wildman–Crippen LogP) is 3.72. The molecular weight excluding hydrogens is 489 g/mol. The van der Waals surface area contributed by atoms with Crippen molar-refractivity contribution < 1.29 is 20.5 Å². The summed E-state index contributed by atoms with van der Waals surface area (Å²) in [5.41, 5.74) is 2.95. The molecule has 33 heavy (non-hydrogen) atoms. The van der Waals surface area contributed by atoms with Gasteiger partial charge in [0.05, 0.1) is 11.3 Å². The Labute approximate surface area is 211 Å². The highest BCUT2D eigenvalue weighted by atomic mass is 35.5. The summed E-state index contributed by atoms with van der Waals surface area (Å²) in [6.07, 6.45) is 8.46. The van der Waals surface area contributed by atoms with Crippen LogP contribution in [0.4, 0.5) is 0 Å². The number of para-hydroxylation sites is 1. The van der Waals surface area contributed by atoms with Crippen molar-refractivity contribution in [1.29, 1.82) is 0 Å². The van der Waals surface area contributed by atoms with Crippen LogP contribution in [0.3, 0.4) is 0 Å². The minimum absolute atomic E-state index is 0. The molecule has 0 unspecified atom stereocenters. The van der Waals surface area contributed by atoms with Crippen molar-refractivity contribution in [2.24, 2.45) is 0 Å². The van der Waals surface area contributed by atoms with Crippen molar-refractivity contribution in [2.75, 3.05) is 26.2 Å². The van der Waals surface area contributed by atoms with Gasteiger partial charge in [-0.05, 0) is 55.6 Å². The van der Waals surface area contributed by atoms with E-state index in [1.807, 2.05) is 30.5 Å². The van der Waals surface area contributed by atoms with E-state index in [1.165, 1.54) is 11.8 Å². The molecule has 1 aromatic carbocycles. The lowest BCUT2D eigenvalue weighted by molar-refractivity contribution is 0.0814. The van der Waals surface area contributed by atoms with Crippen molar-refractivity contribution in [3.05, 3.63) is 77.4 Å². The Morgan fingerprint density at radius 1 is 1.00 bits per heavy atom. The maximum Gasteiger partial charge on any atom is 0.262 e. The van der Waals surface area contributed by atoms with Gasteiger partial charge in [-0.15, -0.1) is 24.8 Å². The highest BCUT2D eigenvalue weighted by Crippen LogP contribution is 2.27. The highest BCUT2D eigenvalue weighted by Gasteiger charge is 2.25. The number of nitrogens with zero attached hydrogens (tertiary/aromatic N) is 3. The molecule has 0 saturated heterocycles. The first kappa shape index (κ1) is 30.9. The lowest BCUT2D eigenvalue weighted by Gasteiger charge is -2.26. The third-order valence-corrected chi connectivity index (χ3v) is 5.59. The smallest absolute Gasteiger partial charge is 0.262 e. The lowest BCUT2D eigenvalue weighted by Crippen LogP contribution is -2.31. The van der Waals surface area contributed by atoms with Crippen LogP contribution in [0.25, 0.3) is 5.57 Å². The first-order valence-corrected chi connectivity index (χ1v) is 10.4. The van der Waals surface area contributed by atoms with Crippen LogP contribution in [0.15, 0.2) is 66.2 Å². The zero-order chi connectivity index (χ0) is 20.1. The van der Waals surface area contributed by atoms with Crippen LogP contribution in [-0.4, -0.2) is 57.8 Å². The molecule has 4 N–H and O–H groups in total. The van der Waals surface area contributed by atoms with Gasteiger partial charge in [-0.1, -0.05) is 35.9 Å². The Morgan fingerprint density at radius 3 is 2.42 bits per heavy atom. The topological polar surface area (TPSA) is 109 Å². The van der Waals surface area contributed by atoms with E-state index < -0.39 is 0 Å². The van der Waals surface area contributed by atoms with Gasteiger partial charge in [-0.2, -0.15) is 0 Å². The molecule has 7 nitrogen and oxygen atoms in total. The number of aromatic nitrogens is 1. The number of hydrogen-bond acceptors (Lipinski definition) is 4. The van der Waals surface area contributed by atoms with Crippen LogP contribution in [0.5, 0.6) is 5.75 Å². The molecule has 182 valence electrons. The first-order chi connectivity index (χ1) is 14.2. The van der Waals surface area contributed by atoms with E-state index in [-0.39, 0.29) is 41.7 Å². The highest BCUT2D eigenvalue weighted by molar-refractivity contribution is 6.30. The van der Waals surface area contributed by atoms with Gasteiger partial charge in [0.1, 0.15) is 17.2 Å². The van der Waals surface area contributed by atoms with Crippen LogP contribution in [0, 0.1) is 0 Å². The fourth-order valence-corrected chi connectivity index (χ4v) is 3.88. The Bertz CT molecular complexity index is 942. The third-order valence-electron chi connectivity index (χ3n) is 5.30. The molecule has 0 radical (unpaired) electrons. The van der Waals surface area contributed by atoms with Crippen LogP contribution in [0.1, 0.15) is 35.3 Å². The Balaban J connectivity index is 0.00000256. The summed E-state index contributed by atoms with van der Waals surface area (Å²) in [5, 5.41) is 0.326. The van der Waals surface area contributed by atoms with Crippen molar-refractivity contribution in [2.45, 2.75) is 19.3 Å². The van der Waals surface area contributed by atoms with E-state index in [1.54, 1.807) is 17.0 Å². The van der Waals surface area contributed by atoms with E-state index in [2.05, 4.69) is 22.0 Å². The largest absolute Gasteiger partial charge is 0.461 e. The van der Waals surface area contributed by atoms with Gasteiger partial charge in [0, 0.05) is 25.8 Å². The summed E-state index contributed by atoms with van der Waals surface area (Å²) < 4.78 is 5.53. The zero-order valence-corrected chi connectivity index (χ0v) is 20.5. The number of hydrogen-bond donors (Lipinski definition) is 0. The summed E-state index contributed by atoms with van der Waals surface area (Å²) in [6, 6.07) is 13.3. The summed E-state index contributed by atoms with van der Waals surface area (Å²) in [4.78, 5) is 21.3. The first-order valence-electron chi connectivity index (χ1n) is 9.98. The van der Waals surface area contributed by atoms with Crippen molar-refractivity contribution in [3.8, 4) is 5.75 Å². The summed E-state index contributed by atoms with van der Waals surface area (Å²) in [5.74, 6) is 0.433. The quantitative estimate of drug-likeness (QED) is 0.429. The monoisotopic (exact) mass is 517 g/mol. The molecule has 0 aliphatic carbocycles. The van der Waals surface area contributed by atoms with Gasteiger partial charge < -0.3 is 15.7 Å². The molecule has 0 atom stereocenters. The van der Waals surface area contributed by atoms with Crippen molar-refractivity contribution in [1.82, 2.24) is 14.8 Å². The number of halogens is 3. The molecule has 0 bridgehead atoms. The fraction of sp³-hybridized carbons (Fsp3) is 0.304. The van der Waals surface area contributed by atoms with Gasteiger partial charge >= 0.3 is 0 Å². The second-order valence-corrected chi connectivity index (χ2v) is 7.60. The maximum absolute atomic E-state index is 12.8. The fourth-order valence-electron chi connectivity index (χ4n) is 3.68. The number of rotatable bonds is 6. The number of amides is 1. The summed E-state index contributed by atoms with van der Waals surface area (Å²) in [7, 11) is 0. The maximum atomic E-state index is 12.8. The Morgan fingerprint density at radius 2 is 1.73 bits per heavy atom. The van der Waals surface area contributed by atoms with Crippen molar-refractivity contribution >= 4 is 47.9 Å². The molecule has 0 spiro atoms. The predicted molar refractivity (Wildman–Crippen MR) is 136 cm³/mol. The number of ether oxygens (including phenoxy) is 1. The van der Waals surface area contributed by atoms with E-state index in [4.69, 9.17) is 16.3 Å². The average molecular weight is 519 g/mol. The molecule has 1 aromatic heterocycles. The number of fused-ring (bicyclic) bond motifs is 1. The molecule has 3 heterocycles. The van der Waals surface area contributed by atoms with Gasteiger partial charge in [0.2, 0.25) is 0 Å². The second-order valence-electron chi connectivity index (χ2n) is 7.21. The Hall–Kier alpha value is -2.13. The molecule has 0 fully saturated rings. The van der Waals surface area contributed by atoms with Gasteiger partial charge in [0.15, 0.2) is 0 Å². The molecule has 4 rings (SSSR count). The molecule has 0 saturated carbocycles. The molecule has 2 aliphatic heterocycles. The van der Waals surface area contributed by atoms with Gasteiger partial charge in [-0.3, -0.25) is 19.6 Å². The lowest BCUT2D eigenvalue weighted by atomic mass is 10.0. The molecule has 2 aromatic rings. The summed E-state index contributed by atoms with van der Waals surface area (Å²) >= 11 is 6.29. The van der Waals surface area contributed by atoms with Gasteiger partial charge in [-0.25, -0.2) is 0 Å². The van der Waals surface area contributed by atoms with Crippen LogP contribution in [0.2, 0.25) is 0 Å². The van der Waals surface area contributed by atoms with Crippen LogP contribution < -0.4 is 4.74 Å². The number of unbranched alkanes of at least 4 members (excludes halogenated alkanes) is 1. The number of benzene rings is 1. The second kappa shape index (κ2) is 14.9.